The van der Waals surface area contributed by atoms with Crippen molar-refractivity contribution >= 4 is 5.91 Å². The molecule has 0 saturated carbocycles. The summed E-state index contributed by atoms with van der Waals surface area (Å²) in [5.41, 5.74) is 0. The van der Waals surface area contributed by atoms with Crippen LogP contribution in [0.15, 0.2) is 48.6 Å². The van der Waals surface area contributed by atoms with E-state index < -0.39 is 24.2 Å². The zero-order chi connectivity index (χ0) is 43.0. The maximum Gasteiger partial charge on any atom is 0.249 e. The predicted octanol–water partition coefficient (Wildman–Crippen LogP) is 15.7. The van der Waals surface area contributed by atoms with E-state index in [2.05, 4.69) is 55.6 Å². The van der Waals surface area contributed by atoms with Gasteiger partial charge in [0.15, 0.2) is 0 Å². The molecular weight excluding hydrogens is 727 g/mol. The molecule has 0 aromatic rings. The second-order valence-corrected chi connectivity index (χ2v) is 17.7. The van der Waals surface area contributed by atoms with Gasteiger partial charge in [0.25, 0.3) is 0 Å². The molecule has 59 heavy (non-hydrogen) atoms. The second-order valence-electron chi connectivity index (χ2n) is 17.7. The molecule has 0 fully saturated rings. The fraction of sp³-hybridized carbons (Fsp3) is 0.833. The fourth-order valence-corrected chi connectivity index (χ4v) is 7.80. The summed E-state index contributed by atoms with van der Waals surface area (Å²) in [7, 11) is 0. The predicted molar refractivity (Wildman–Crippen MR) is 259 cm³/mol. The highest BCUT2D eigenvalue weighted by Gasteiger charge is 2.22. The molecule has 0 aliphatic carbocycles. The number of hydrogen-bond donors (Lipinski definition) is 4. The Morgan fingerprint density at radius 1 is 0.407 bits per heavy atom. The van der Waals surface area contributed by atoms with Crippen LogP contribution >= 0.6 is 0 Å². The molecule has 5 nitrogen and oxygen atoms in total. The van der Waals surface area contributed by atoms with Gasteiger partial charge in [0.1, 0.15) is 6.10 Å². The quantitative estimate of drug-likeness (QED) is 0.0363. The first-order valence-electron chi connectivity index (χ1n) is 26.0. The van der Waals surface area contributed by atoms with Crippen LogP contribution in [-0.4, -0.2) is 46.1 Å². The van der Waals surface area contributed by atoms with E-state index in [0.29, 0.717) is 6.42 Å². The van der Waals surface area contributed by atoms with Crippen molar-refractivity contribution < 1.29 is 20.1 Å². The van der Waals surface area contributed by atoms with Gasteiger partial charge in [-0.2, -0.15) is 0 Å². The smallest absolute Gasteiger partial charge is 0.249 e. The molecule has 0 saturated heterocycles. The van der Waals surface area contributed by atoms with Crippen LogP contribution in [0.4, 0.5) is 0 Å². The Kier molecular flexibility index (Phi) is 47.6. The second kappa shape index (κ2) is 49.0. The Labute approximate surface area is 367 Å². The van der Waals surface area contributed by atoms with Crippen molar-refractivity contribution in [1.29, 1.82) is 0 Å². The number of aliphatic hydroxyl groups excluding tert-OH is 3. The molecule has 0 radical (unpaired) electrons. The first kappa shape index (κ1) is 57.3. The Hall–Kier alpha value is -1.69. The minimum atomic E-state index is -1.11. The summed E-state index contributed by atoms with van der Waals surface area (Å²) in [6, 6.07) is -0.823. The van der Waals surface area contributed by atoms with Crippen LogP contribution in [0.5, 0.6) is 0 Å². The van der Waals surface area contributed by atoms with E-state index in [9.17, 15) is 20.1 Å². The first-order valence-corrected chi connectivity index (χ1v) is 26.0. The molecule has 0 aromatic heterocycles. The number of unbranched alkanes of at least 4 members (excludes halogenated alkanes) is 33. The van der Waals surface area contributed by atoms with Crippen LogP contribution in [0.2, 0.25) is 0 Å². The normalized spacial score (nSPS) is 13.8. The van der Waals surface area contributed by atoms with Gasteiger partial charge < -0.3 is 20.6 Å². The summed E-state index contributed by atoms with van der Waals surface area (Å²) < 4.78 is 0. The number of rotatable bonds is 47. The van der Waals surface area contributed by atoms with Crippen molar-refractivity contribution in [3.63, 3.8) is 0 Å². The van der Waals surface area contributed by atoms with Crippen LogP contribution in [0, 0.1) is 0 Å². The van der Waals surface area contributed by atoms with Gasteiger partial charge in [0.2, 0.25) is 5.91 Å². The van der Waals surface area contributed by atoms with Gasteiger partial charge in [-0.1, -0.05) is 242 Å². The lowest BCUT2D eigenvalue weighted by Crippen LogP contribution is -2.48. The Morgan fingerprint density at radius 3 is 1.03 bits per heavy atom. The van der Waals surface area contributed by atoms with Crippen molar-refractivity contribution in [3.05, 3.63) is 48.6 Å². The highest BCUT2D eigenvalue weighted by atomic mass is 16.3. The maximum atomic E-state index is 12.5. The minimum absolute atomic E-state index is 0.382. The highest BCUT2D eigenvalue weighted by molar-refractivity contribution is 5.80. The summed E-state index contributed by atoms with van der Waals surface area (Å²) in [5, 5.41) is 33.3. The van der Waals surface area contributed by atoms with Gasteiger partial charge in [0.05, 0.1) is 18.8 Å². The minimum Gasteiger partial charge on any atom is -0.394 e. The third-order valence-electron chi connectivity index (χ3n) is 11.9. The average Bonchev–Trinajstić information content (AvgIpc) is 3.24. The fourth-order valence-electron chi connectivity index (χ4n) is 7.80. The van der Waals surface area contributed by atoms with E-state index in [1.807, 2.05) is 6.08 Å². The molecule has 0 heterocycles. The number of carbonyl (C=O) groups excluding carboxylic acids is 1. The van der Waals surface area contributed by atoms with Gasteiger partial charge in [0, 0.05) is 0 Å². The van der Waals surface area contributed by atoms with Gasteiger partial charge >= 0.3 is 0 Å². The summed E-state index contributed by atoms with van der Waals surface area (Å²) >= 11 is 0. The Morgan fingerprint density at radius 2 is 0.695 bits per heavy atom. The third-order valence-corrected chi connectivity index (χ3v) is 11.9. The summed E-state index contributed by atoms with van der Waals surface area (Å²) in [4.78, 5) is 12.5. The van der Waals surface area contributed by atoms with E-state index in [1.165, 1.54) is 199 Å². The molecule has 4 N–H and O–H groups in total. The van der Waals surface area contributed by atoms with E-state index in [1.54, 1.807) is 6.08 Å². The van der Waals surface area contributed by atoms with Crippen molar-refractivity contribution in [1.82, 2.24) is 5.32 Å². The molecule has 0 rings (SSSR count). The summed E-state index contributed by atoms with van der Waals surface area (Å²) in [5.74, 6) is -0.517. The summed E-state index contributed by atoms with van der Waals surface area (Å²) in [6.45, 7) is 4.18. The van der Waals surface area contributed by atoms with Crippen LogP contribution < -0.4 is 5.32 Å². The number of hydrogen-bond acceptors (Lipinski definition) is 4. The molecular formula is C54H101NO4. The molecule has 346 valence electrons. The Balaban J connectivity index is 3.67. The van der Waals surface area contributed by atoms with E-state index in [0.717, 1.165) is 44.9 Å². The topological polar surface area (TPSA) is 89.8 Å². The lowest BCUT2D eigenvalue weighted by Gasteiger charge is -2.21. The molecule has 0 aliphatic heterocycles. The summed E-state index contributed by atoms with van der Waals surface area (Å²) in [6.07, 6.45) is 64.6. The molecule has 0 aliphatic rings. The first-order chi connectivity index (χ1) is 29.1. The van der Waals surface area contributed by atoms with Crippen LogP contribution in [0.25, 0.3) is 0 Å². The maximum absolute atomic E-state index is 12.5. The molecule has 0 bridgehead atoms. The average molecular weight is 828 g/mol. The molecule has 3 atom stereocenters. The number of aliphatic hydroxyl groups is 3. The van der Waals surface area contributed by atoms with Crippen LogP contribution in [0.1, 0.15) is 264 Å². The van der Waals surface area contributed by atoms with Gasteiger partial charge in [-0.3, -0.25) is 4.79 Å². The zero-order valence-corrected chi connectivity index (χ0v) is 39.4. The number of carbonyl (C=O) groups is 1. The largest absolute Gasteiger partial charge is 0.394 e. The van der Waals surface area contributed by atoms with E-state index >= 15 is 0 Å². The van der Waals surface area contributed by atoms with Crippen molar-refractivity contribution in [2.75, 3.05) is 6.61 Å². The lowest BCUT2D eigenvalue weighted by molar-refractivity contribution is -0.131. The lowest BCUT2D eigenvalue weighted by atomic mass is 10.0. The van der Waals surface area contributed by atoms with Crippen molar-refractivity contribution in [2.45, 2.75) is 283 Å². The van der Waals surface area contributed by atoms with Gasteiger partial charge in [-0.15, -0.1) is 0 Å². The number of nitrogens with one attached hydrogen (secondary N) is 1. The molecule has 5 heteroatoms. The van der Waals surface area contributed by atoms with Crippen molar-refractivity contribution in [2.24, 2.45) is 0 Å². The van der Waals surface area contributed by atoms with Gasteiger partial charge in [-0.05, 0) is 70.6 Å². The Bertz CT molecular complexity index is 958. The highest BCUT2D eigenvalue weighted by Crippen LogP contribution is 2.15. The van der Waals surface area contributed by atoms with E-state index in [4.69, 9.17) is 0 Å². The molecule has 3 unspecified atom stereocenters. The van der Waals surface area contributed by atoms with Gasteiger partial charge in [-0.25, -0.2) is 0 Å². The molecule has 0 aromatic carbocycles. The SMILES string of the molecule is CCCCCCCCCCCC/C=C/CC/C=C/CC/C=C/C(O)C(CO)NC(=O)C(O)CCCCCCCCCCC/C=C\CCCCCCCCCCCCCC. The van der Waals surface area contributed by atoms with Crippen LogP contribution in [0.3, 0.4) is 0 Å². The molecule has 0 spiro atoms. The molecule has 1 amide bonds. The van der Waals surface area contributed by atoms with Crippen LogP contribution in [-0.2, 0) is 4.79 Å². The van der Waals surface area contributed by atoms with Crippen molar-refractivity contribution in [3.8, 4) is 0 Å². The number of allylic oxidation sites excluding steroid dienone is 7. The monoisotopic (exact) mass is 828 g/mol. The number of amides is 1. The zero-order valence-electron chi connectivity index (χ0n) is 39.4. The standard InChI is InChI=1S/C54H101NO4/c1-3-5-7-9-11-13-15-17-19-21-23-25-26-27-28-29-31-33-35-37-39-41-43-45-47-49-53(58)54(59)55-51(50-56)52(57)48-46-44-42-40-38-36-34-32-30-24-22-20-18-16-14-12-10-8-6-4-2/h27-28,30,32,38,40,46,48,51-53,56-58H,3-26,29,31,33-37,39,41-45,47,49-50H2,1-2H3,(H,55,59)/b28-27-,32-30+,40-38+,48-46+. The third kappa shape index (κ3) is 44.2. The van der Waals surface area contributed by atoms with E-state index in [-0.39, 0.29) is 6.61 Å².